The van der Waals surface area contributed by atoms with Crippen molar-refractivity contribution in [2.24, 2.45) is 14.1 Å². The van der Waals surface area contributed by atoms with Gasteiger partial charge < -0.3 is 28.2 Å². The highest BCUT2D eigenvalue weighted by atomic mass is 32.1. The lowest BCUT2D eigenvalue weighted by Crippen LogP contribution is -1.87. The van der Waals surface area contributed by atoms with Crippen molar-refractivity contribution in [3.05, 3.63) is 48.5 Å². The highest BCUT2D eigenvalue weighted by Crippen LogP contribution is 2.49. The summed E-state index contributed by atoms with van der Waals surface area (Å²) < 4.78 is 21.6. The standard InChI is InChI=1S/C28H16N2O4S2/c1-29-21-13-5-3-11(31)7-17(13)33-25(21)27-23(29)15-9-20-16(10-19(15)35-27)24-28(36-20)26-22(30(24)2)14-6-4-12(32)8-18(14)34-26/h3-10,31-32H,1-2H3. The Bertz CT molecular complexity index is 2250. The Morgan fingerprint density at radius 3 is 1.47 bits per heavy atom. The number of aromatic hydroxyl groups is 2. The molecule has 9 aromatic rings. The summed E-state index contributed by atoms with van der Waals surface area (Å²) in [6, 6.07) is 15.2. The molecule has 0 unspecified atom stereocenters. The number of rotatable bonds is 0. The summed E-state index contributed by atoms with van der Waals surface area (Å²) in [5.41, 5.74) is 7.58. The van der Waals surface area contributed by atoms with Crippen LogP contribution in [-0.4, -0.2) is 19.3 Å². The number of hydrogen-bond donors (Lipinski definition) is 2. The van der Waals surface area contributed by atoms with E-state index in [2.05, 4.69) is 35.4 Å². The Kier molecular flexibility index (Phi) is 3.17. The van der Waals surface area contributed by atoms with Gasteiger partial charge in [-0.05, 0) is 36.4 Å². The van der Waals surface area contributed by atoms with E-state index in [4.69, 9.17) is 8.83 Å². The third kappa shape index (κ3) is 2.06. The number of phenols is 2. The minimum absolute atomic E-state index is 0.205. The van der Waals surface area contributed by atoms with Gasteiger partial charge in [0.15, 0.2) is 11.2 Å². The minimum atomic E-state index is 0.205. The highest BCUT2D eigenvalue weighted by molar-refractivity contribution is 7.28. The van der Waals surface area contributed by atoms with Gasteiger partial charge in [-0.25, -0.2) is 0 Å². The van der Waals surface area contributed by atoms with Gasteiger partial charge in [0.05, 0.1) is 31.5 Å². The van der Waals surface area contributed by atoms with Crippen molar-refractivity contribution in [3.63, 3.8) is 0 Å². The maximum atomic E-state index is 9.91. The number of fused-ring (bicyclic) bond motifs is 14. The van der Waals surface area contributed by atoms with Crippen LogP contribution in [0.4, 0.5) is 0 Å². The number of aromatic nitrogens is 2. The molecule has 36 heavy (non-hydrogen) atoms. The quantitative estimate of drug-likeness (QED) is 0.216. The van der Waals surface area contributed by atoms with Gasteiger partial charge in [0, 0.05) is 57.2 Å². The third-order valence-electron chi connectivity index (χ3n) is 7.50. The predicted octanol–water partition coefficient (Wildman–Crippen LogP) is 8.31. The molecule has 0 aliphatic carbocycles. The molecule has 0 saturated heterocycles. The summed E-state index contributed by atoms with van der Waals surface area (Å²) in [7, 11) is 4.17. The Morgan fingerprint density at radius 1 is 0.583 bits per heavy atom. The predicted molar refractivity (Wildman–Crippen MR) is 148 cm³/mol. The Morgan fingerprint density at radius 2 is 1.03 bits per heavy atom. The van der Waals surface area contributed by atoms with Crippen LogP contribution in [0.3, 0.4) is 0 Å². The molecule has 0 bridgehead atoms. The lowest BCUT2D eigenvalue weighted by atomic mass is 10.2. The zero-order chi connectivity index (χ0) is 24.0. The molecular weight excluding hydrogens is 492 g/mol. The van der Waals surface area contributed by atoms with Gasteiger partial charge in [-0.3, -0.25) is 0 Å². The first kappa shape index (κ1) is 19.1. The van der Waals surface area contributed by atoms with E-state index in [9.17, 15) is 10.2 Å². The number of phenolic OH excluding ortho intramolecular Hbond substituents is 2. The van der Waals surface area contributed by atoms with Gasteiger partial charge in [-0.2, -0.15) is 0 Å². The molecule has 0 radical (unpaired) electrons. The first-order valence-corrected chi connectivity index (χ1v) is 13.1. The average molecular weight is 509 g/mol. The van der Waals surface area contributed by atoms with E-state index >= 15 is 0 Å². The van der Waals surface area contributed by atoms with Gasteiger partial charge >= 0.3 is 0 Å². The molecule has 0 fully saturated rings. The van der Waals surface area contributed by atoms with Gasteiger partial charge in [0.25, 0.3) is 0 Å². The number of nitrogens with zero attached hydrogens (tertiary/aromatic N) is 2. The highest BCUT2D eigenvalue weighted by Gasteiger charge is 2.24. The van der Waals surface area contributed by atoms with E-state index in [0.717, 1.165) is 42.4 Å². The zero-order valence-electron chi connectivity index (χ0n) is 19.0. The molecule has 6 aromatic heterocycles. The van der Waals surface area contributed by atoms with E-state index in [-0.39, 0.29) is 11.5 Å². The summed E-state index contributed by atoms with van der Waals surface area (Å²) in [5, 5.41) is 24.2. The van der Waals surface area contributed by atoms with Crippen LogP contribution in [0.25, 0.3) is 84.7 Å². The molecule has 2 N–H and O–H groups in total. The van der Waals surface area contributed by atoms with Crippen molar-refractivity contribution >= 4 is 107 Å². The van der Waals surface area contributed by atoms with Gasteiger partial charge in [0.1, 0.15) is 22.7 Å². The third-order valence-corrected chi connectivity index (χ3v) is 9.78. The Hall–Kier alpha value is -4.14. The van der Waals surface area contributed by atoms with Crippen molar-refractivity contribution in [3.8, 4) is 11.5 Å². The molecular formula is C28H16N2O4S2. The van der Waals surface area contributed by atoms with Crippen LogP contribution >= 0.6 is 22.7 Å². The second kappa shape index (κ2) is 5.98. The zero-order valence-corrected chi connectivity index (χ0v) is 20.7. The molecule has 6 nitrogen and oxygen atoms in total. The van der Waals surface area contributed by atoms with Crippen LogP contribution in [0.5, 0.6) is 11.5 Å². The second-order valence-electron chi connectivity index (χ2n) is 9.44. The molecule has 0 saturated carbocycles. The summed E-state index contributed by atoms with van der Waals surface area (Å²) in [5.74, 6) is 0.410. The summed E-state index contributed by atoms with van der Waals surface area (Å²) in [6.07, 6.45) is 0. The molecule has 174 valence electrons. The normalized spacial score (nSPS) is 12.9. The van der Waals surface area contributed by atoms with E-state index < -0.39 is 0 Å². The minimum Gasteiger partial charge on any atom is -0.508 e. The van der Waals surface area contributed by atoms with Crippen LogP contribution in [0.1, 0.15) is 0 Å². The van der Waals surface area contributed by atoms with Crippen LogP contribution in [0.15, 0.2) is 57.4 Å². The van der Waals surface area contributed by atoms with Crippen molar-refractivity contribution in [2.45, 2.75) is 0 Å². The van der Waals surface area contributed by atoms with Gasteiger partial charge in [-0.15, -0.1) is 22.7 Å². The van der Waals surface area contributed by atoms with Crippen molar-refractivity contribution in [1.82, 2.24) is 9.13 Å². The second-order valence-corrected chi connectivity index (χ2v) is 11.5. The van der Waals surface area contributed by atoms with Crippen LogP contribution in [-0.2, 0) is 14.1 Å². The summed E-state index contributed by atoms with van der Waals surface area (Å²) in [4.78, 5) is 0. The van der Waals surface area contributed by atoms with Crippen molar-refractivity contribution in [2.75, 3.05) is 0 Å². The molecule has 6 heterocycles. The van der Waals surface area contributed by atoms with E-state index in [0.29, 0.717) is 11.2 Å². The fourth-order valence-electron chi connectivity index (χ4n) is 5.97. The summed E-state index contributed by atoms with van der Waals surface area (Å²) in [6.45, 7) is 0. The largest absolute Gasteiger partial charge is 0.508 e. The molecule has 0 spiro atoms. The molecule has 8 heteroatoms. The molecule has 0 aliphatic rings. The topological polar surface area (TPSA) is 76.6 Å². The van der Waals surface area contributed by atoms with E-state index in [1.54, 1.807) is 46.9 Å². The molecule has 0 amide bonds. The Balaban J connectivity index is 1.40. The number of benzene rings is 3. The molecule has 0 atom stereocenters. The van der Waals surface area contributed by atoms with E-state index in [1.807, 2.05) is 12.1 Å². The molecule has 9 rings (SSSR count). The average Bonchev–Trinajstić information content (AvgIpc) is 3.64. The van der Waals surface area contributed by atoms with Crippen LogP contribution in [0, 0.1) is 0 Å². The number of furan rings is 2. The van der Waals surface area contributed by atoms with Crippen molar-refractivity contribution in [1.29, 1.82) is 0 Å². The fourth-order valence-corrected chi connectivity index (χ4v) is 8.45. The van der Waals surface area contributed by atoms with Gasteiger partial charge in [0.2, 0.25) is 0 Å². The lowest BCUT2D eigenvalue weighted by molar-refractivity contribution is 0.474. The number of aryl methyl sites for hydroxylation is 2. The number of thiophene rings is 2. The monoisotopic (exact) mass is 508 g/mol. The van der Waals surface area contributed by atoms with Crippen molar-refractivity contribution < 1.29 is 19.0 Å². The fraction of sp³-hybridized carbons (Fsp3) is 0.0714. The molecule has 3 aromatic carbocycles. The Labute approximate surface area is 209 Å². The maximum absolute atomic E-state index is 9.91. The lowest BCUT2D eigenvalue weighted by Gasteiger charge is -2.00. The SMILES string of the molecule is Cn1c2c3ccc(O)cc3oc2c2sc3cc4c(cc3c21)sc1c2oc3cc(O)ccc3c2n(C)c41. The van der Waals surface area contributed by atoms with Crippen LogP contribution < -0.4 is 0 Å². The first-order chi connectivity index (χ1) is 17.5. The van der Waals surface area contributed by atoms with Crippen LogP contribution in [0.2, 0.25) is 0 Å². The van der Waals surface area contributed by atoms with E-state index in [1.165, 1.54) is 31.2 Å². The smallest absolute Gasteiger partial charge is 0.171 e. The summed E-state index contributed by atoms with van der Waals surface area (Å²) >= 11 is 3.49. The van der Waals surface area contributed by atoms with Gasteiger partial charge in [-0.1, -0.05) is 0 Å². The molecule has 0 aliphatic heterocycles. The first-order valence-electron chi connectivity index (χ1n) is 11.5. The maximum Gasteiger partial charge on any atom is 0.171 e. The number of hydrogen-bond acceptors (Lipinski definition) is 6.